The van der Waals surface area contributed by atoms with Gasteiger partial charge in [-0.2, -0.15) is 0 Å². The Hall–Kier alpha value is -1.50. The maximum atomic E-state index is 6.12. The van der Waals surface area contributed by atoms with Crippen LogP contribution in [0.1, 0.15) is 43.3 Å². The predicted molar refractivity (Wildman–Crippen MR) is 94.5 cm³/mol. The summed E-state index contributed by atoms with van der Waals surface area (Å²) in [6, 6.07) is 6.11. The summed E-state index contributed by atoms with van der Waals surface area (Å²) in [5, 5.41) is 12.3. The Morgan fingerprint density at radius 2 is 2.17 bits per heavy atom. The van der Waals surface area contributed by atoms with Crippen molar-refractivity contribution in [1.82, 2.24) is 14.9 Å². The van der Waals surface area contributed by atoms with Crippen LogP contribution in [0.3, 0.4) is 0 Å². The average Bonchev–Trinajstić information content (AvgIpc) is 2.99. The first-order valence-electron chi connectivity index (χ1n) is 7.70. The molecule has 0 aliphatic carbocycles. The molecule has 0 saturated carbocycles. The molecule has 0 unspecified atom stereocenters. The van der Waals surface area contributed by atoms with Crippen LogP contribution < -0.4 is 11.2 Å². The maximum absolute atomic E-state index is 6.12. The molecule has 0 bridgehead atoms. The van der Waals surface area contributed by atoms with E-state index in [0.717, 1.165) is 39.2 Å². The highest BCUT2D eigenvalue weighted by Gasteiger charge is 2.27. The molecule has 5 nitrogen and oxygen atoms in total. The quantitative estimate of drug-likeness (QED) is 0.888. The van der Waals surface area contributed by atoms with Crippen molar-refractivity contribution in [2.75, 3.05) is 5.43 Å². The van der Waals surface area contributed by atoms with Crippen LogP contribution in [0, 0.1) is 12.8 Å². The molecule has 0 fully saturated rings. The summed E-state index contributed by atoms with van der Waals surface area (Å²) in [6.07, 6.45) is 1.06. The second-order valence-electron chi connectivity index (χ2n) is 5.89. The smallest absolute Gasteiger partial charge is 0.214 e. The van der Waals surface area contributed by atoms with Gasteiger partial charge in [-0.3, -0.25) is 5.43 Å². The lowest BCUT2D eigenvalue weighted by atomic mass is 10.00. The van der Waals surface area contributed by atoms with Gasteiger partial charge in [-0.1, -0.05) is 43.3 Å². The molecule has 0 saturated heterocycles. The van der Waals surface area contributed by atoms with Crippen molar-refractivity contribution >= 4 is 29.1 Å². The van der Waals surface area contributed by atoms with E-state index in [1.165, 1.54) is 0 Å². The molecule has 1 aromatic carbocycles. The van der Waals surface area contributed by atoms with Crippen molar-refractivity contribution in [2.24, 2.45) is 5.92 Å². The van der Waals surface area contributed by atoms with Crippen LogP contribution in [-0.2, 0) is 0 Å². The molecular weight excluding hydrogens is 330 g/mol. The lowest BCUT2D eigenvalue weighted by molar-refractivity contribution is -0.442. The van der Waals surface area contributed by atoms with Crippen molar-refractivity contribution in [2.45, 2.75) is 38.4 Å². The van der Waals surface area contributed by atoms with E-state index in [-0.39, 0.29) is 6.04 Å². The summed E-state index contributed by atoms with van der Waals surface area (Å²) < 4.78 is 1.95. The van der Waals surface area contributed by atoms with Gasteiger partial charge in [-0.05, 0) is 31.0 Å². The van der Waals surface area contributed by atoms with E-state index in [0.29, 0.717) is 5.92 Å². The molecule has 0 spiro atoms. The Kier molecular flexibility index (Phi) is 4.66. The van der Waals surface area contributed by atoms with E-state index in [9.17, 15) is 0 Å². The fraction of sp³-hybridized carbons (Fsp3) is 0.375. The third kappa shape index (κ3) is 3.11. The van der Waals surface area contributed by atoms with Crippen LogP contribution in [-0.4, -0.2) is 14.9 Å². The molecule has 2 heterocycles. The molecule has 122 valence electrons. The number of nitrogens with one attached hydrogen (secondary N) is 1. The Morgan fingerprint density at radius 1 is 1.39 bits per heavy atom. The molecule has 2 atom stereocenters. The number of benzene rings is 1. The summed E-state index contributed by atoms with van der Waals surface area (Å²) in [4.78, 5) is 0. The zero-order valence-corrected chi connectivity index (χ0v) is 15.1. The Balaban J connectivity index is 1.90. The van der Waals surface area contributed by atoms with Crippen molar-refractivity contribution in [3.05, 3.63) is 45.6 Å². The van der Waals surface area contributed by atoms with Gasteiger partial charge in [-0.15, -0.1) is 10.2 Å². The molecular formula is C16H21ClN5S+. The van der Waals surface area contributed by atoms with Crippen LogP contribution in [0.2, 0.25) is 5.02 Å². The summed E-state index contributed by atoms with van der Waals surface area (Å²) in [6.45, 7) is 6.36. The van der Waals surface area contributed by atoms with E-state index in [1.807, 2.05) is 23.7 Å². The van der Waals surface area contributed by atoms with Crippen molar-refractivity contribution < 1.29 is 5.73 Å². The van der Waals surface area contributed by atoms with Gasteiger partial charge in [0.25, 0.3) is 0 Å². The van der Waals surface area contributed by atoms with Crippen molar-refractivity contribution in [3.8, 4) is 0 Å². The Morgan fingerprint density at radius 3 is 2.87 bits per heavy atom. The first kappa shape index (κ1) is 16.4. The molecule has 1 aliphatic rings. The topological polar surface area (TPSA) is 70.4 Å². The number of thioether (sulfide) groups is 1. The highest BCUT2D eigenvalue weighted by atomic mass is 35.5. The van der Waals surface area contributed by atoms with Crippen LogP contribution in [0.25, 0.3) is 5.70 Å². The number of halogens is 1. The number of aromatic nitrogens is 3. The van der Waals surface area contributed by atoms with E-state index in [1.54, 1.807) is 11.8 Å². The lowest BCUT2D eigenvalue weighted by Crippen LogP contribution is -2.57. The zero-order chi connectivity index (χ0) is 16.6. The molecule has 1 aromatic heterocycles. The van der Waals surface area contributed by atoms with Gasteiger partial charge >= 0.3 is 0 Å². The SMILES string of the molecule is CC[C@H](C)[C@H]([NH3+])c1nnc2n1NC(c1ccc(Cl)c(C)c1)=CS2. The molecule has 0 radical (unpaired) electrons. The van der Waals surface area contributed by atoms with Crippen LogP contribution in [0.15, 0.2) is 28.8 Å². The highest BCUT2D eigenvalue weighted by molar-refractivity contribution is 8.02. The van der Waals surface area contributed by atoms with Gasteiger partial charge < -0.3 is 5.73 Å². The van der Waals surface area contributed by atoms with E-state index in [2.05, 4.69) is 46.7 Å². The zero-order valence-electron chi connectivity index (χ0n) is 13.5. The molecule has 1 aliphatic heterocycles. The maximum Gasteiger partial charge on any atom is 0.214 e. The second kappa shape index (κ2) is 6.55. The average molecular weight is 351 g/mol. The second-order valence-corrected chi connectivity index (χ2v) is 7.14. The minimum atomic E-state index is 0.0978. The van der Waals surface area contributed by atoms with Gasteiger partial charge in [-0.25, -0.2) is 4.68 Å². The van der Waals surface area contributed by atoms with Crippen molar-refractivity contribution in [1.29, 1.82) is 0 Å². The van der Waals surface area contributed by atoms with Crippen LogP contribution >= 0.6 is 23.4 Å². The number of quaternary nitrogens is 1. The highest BCUT2D eigenvalue weighted by Crippen LogP contribution is 2.31. The normalized spacial score (nSPS) is 16.3. The summed E-state index contributed by atoms with van der Waals surface area (Å²) in [5.41, 5.74) is 10.9. The third-order valence-corrected chi connectivity index (χ3v) is 5.56. The van der Waals surface area contributed by atoms with Crippen molar-refractivity contribution in [3.63, 3.8) is 0 Å². The molecule has 23 heavy (non-hydrogen) atoms. The molecule has 7 heteroatoms. The number of hydrogen-bond donors (Lipinski definition) is 2. The first-order valence-corrected chi connectivity index (χ1v) is 8.95. The number of aryl methyl sites for hydroxylation is 1. The van der Waals surface area contributed by atoms with Crippen LogP contribution in [0.4, 0.5) is 0 Å². The summed E-state index contributed by atoms with van der Waals surface area (Å²) in [7, 11) is 0. The molecule has 2 aromatic rings. The minimum Gasteiger partial charge on any atom is -0.348 e. The number of hydrogen-bond acceptors (Lipinski definition) is 4. The third-order valence-electron chi connectivity index (χ3n) is 4.30. The molecule has 4 N–H and O–H groups in total. The summed E-state index contributed by atoms with van der Waals surface area (Å²) >= 11 is 7.69. The molecule has 3 rings (SSSR count). The van der Waals surface area contributed by atoms with Gasteiger partial charge in [0, 0.05) is 21.9 Å². The van der Waals surface area contributed by atoms with Crippen LogP contribution in [0.5, 0.6) is 0 Å². The Bertz CT molecular complexity index is 755. The van der Waals surface area contributed by atoms with Gasteiger partial charge in [0.2, 0.25) is 11.0 Å². The number of rotatable bonds is 4. The minimum absolute atomic E-state index is 0.0978. The standard InChI is InChI=1S/C16H20ClN5S/c1-4-9(2)14(18)15-19-20-16-22(15)21-13(8-23-16)11-5-6-12(17)10(3)7-11/h5-9,14,21H,4,18H2,1-3H3/p+1/t9-,14-/m0/s1. The predicted octanol–water partition coefficient (Wildman–Crippen LogP) is 3.22. The fourth-order valence-electron chi connectivity index (χ4n) is 2.45. The number of nitrogens with zero attached hydrogens (tertiary/aromatic N) is 3. The first-order chi connectivity index (χ1) is 11.0. The number of fused-ring (bicyclic) bond motifs is 1. The Labute approximate surface area is 145 Å². The largest absolute Gasteiger partial charge is 0.348 e. The van der Waals surface area contributed by atoms with E-state index < -0.39 is 0 Å². The van der Waals surface area contributed by atoms with E-state index >= 15 is 0 Å². The monoisotopic (exact) mass is 350 g/mol. The van der Waals surface area contributed by atoms with Gasteiger partial charge in [0.15, 0.2) is 0 Å². The van der Waals surface area contributed by atoms with Gasteiger partial charge in [0.1, 0.15) is 6.04 Å². The lowest BCUT2D eigenvalue weighted by Gasteiger charge is -2.21. The van der Waals surface area contributed by atoms with E-state index in [4.69, 9.17) is 11.6 Å². The van der Waals surface area contributed by atoms with Gasteiger partial charge in [0.05, 0.1) is 5.70 Å². The molecule has 0 amide bonds. The fourth-order valence-corrected chi connectivity index (χ4v) is 3.31. The summed E-state index contributed by atoms with van der Waals surface area (Å²) in [5.74, 6) is 1.32.